The maximum absolute atomic E-state index is 5.98. The average Bonchev–Trinajstić information content (AvgIpc) is 3.28. The number of rotatable bonds is 2. The van der Waals surface area contributed by atoms with Gasteiger partial charge in [-0.15, -0.1) is 24.8 Å². The highest BCUT2D eigenvalue weighted by atomic mass is 35.5. The van der Waals surface area contributed by atoms with E-state index in [1.54, 1.807) is 0 Å². The summed E-state index contributed by atoms with van der Waals surface area (Å²) >= 11 is 0. The van der Waals surface area contributed by atoms with E-state index in [4.69, 9.17) is 11.5 Å². The molecule has 0 bridgehead atoms. The fourth-order valence-electron chi connectivity index (χ4n) is 3.95. The Morgan fingerprint density at radius 1 is 0.577 bits per heavy atom. The molecule has 0 heterocycles. The number of benzene rings is 2. The Bertz CT molecular complexity index is 624. The molecule has 4 rings (SSSR count). The van der Waals surface area contributed by atoms with Crippen molar-refractivity contribution in [2.45, 2.75) is 51.6 Å². The van der Waals surface area contributed by atoms with Crippen LogP contribution < -0.4 is 11.5 Å². The zero-order chi connectivity index (χ0) is 17.5. The highest BCUT2D eigenvalue weighted by molar-refractivity contribution is 5.85. The molecule has 0 aliphatic heterocycles. The van der Waals surface area contributed by atoms with Crippen LogP contribution in [0.4, 0.5) is 0 Å². The van der Waals surface area contributed by atoms with Crippen LogP contribution in [-0.4, -0.2) is 12.1 Å². The monoisotopic (exact) mass is 394 g/mol. The standard InChI is InChI=1S/2C11H15N.2ClH/c2*1-11(2)9(10(11)12)8-6-4-3-5-7-8;;/h2*3-7,9-10H,12H2,1-2H3;2*1H/t2*9-,10-;;/m10../s1. The number of hydrogen-bond acceptors (Lipinski definition) is 2. The summed E-state index contributed by atoms with van der Waals surface area (Å²) in [6.45, 7) is 8.93. The van der Waals surface area contributed by atoms with E-state index in [0.717, 1.165) is 0 Å². The van der Waals surface area contributed by atoms with Crippen LogP contribution >= 0.6 is 24.8 Å². The molecule has 26 heavy (non-hydrogen) atoms. The minimum absolute atomic E-state index is 0. The Hall–Kier alpha value is -1.06. The predicted octanol–water partition coefficient (Wildman–Crippen LogP) is 5.12. The van der Waals surface area contributed by atoms with Crippen molar-refractivity contribution in [2.24, 2.45) is 22.3 Å². The molecule has 4 heteroatoms. The molecular weight excluding hydrogens is 363 g/mol. The summed E-state index contributed by atoms with van der Waals surface area (Å²) in [7, 11) is 0. The number of hydrogen-bond donors (Lipinski definition) is 2. The summed E-state index contributed by atoms with van der Waals surface area (Å²) in [6.07, 6.45) is 0. The second-order valence-corrected chi connectivity index (χ2v) is 8.47. The normalized spacial score (nSPS) is 29.2. The van der Waals surface area contributed by atoms with Crippen LogP contribution in [0.25, 0.3) is 0 Å². The summed E-state index contributed by atoms with van der Waals surface area (Å²) in [4.78, 5) is 0. The third kappa shape index (κ3) is 4.26. The smallest absolute Gasteiger partial charge is 0.0172 e. The molecule has 2 nitrogen and oxygen atoms in total. The van der Waals surface area contributed by atoms with Gasteiger partial charge in [-0.2, -0.15) is 0 Å². The Morgan fingerprint density at radius 2 is 0.808 bits per heavy atom. The van der Waals surface area contributed by atoms with E-state index in [1.165, 1.54) is 11.1 Å². The quantitative estimate of drug-likeness (QED) is 0.742. The van der Waals surface area contributed by atoms with Gasteiger partial charge in [-0.3, -0.25) is 0 Å². The highest BCUT2D eigenvalue weighted by Gasteiger charge is 2.56. The highest BCUT2D eigenvalue weighted by Crippen LogP contribution is 2.57. The molecule has 0 radical (unpaired) electrons. The third-order valence-electron chi connectivity index (χ3n) is 6.14. The van der Waals surface area contributed by atoms with Gasteiger partial charge < -0.3 is 11.5 Å². The van der Waals surface area contributed by atoms with E-state index in [-0.39, 0.29) is 24.8 Å². The van der Waals surface area contributed by atoms with Crippen molar-refractivity contribution in [2.75, 3.05) is 0 Å². The molecule has 2 aliphatic rings. The summed E-state index contributed by atoms with van der Waals surface area (Å²) in [6, 6.07) is 21.8. The second kappa shape index (κ2) is 8.31. The molecule has 0 amide bonds. The fraction of sp³-hybridized carbons (Fsp3) is 0.455. The molecule has 0 aromatic heterocycles. The molecule has 0 spiro atoms. The molecule has 4 atom stereocenters. The van der Waals surface area contributed by atoms with Crippen molar-refractivity contribution in [3.05, 3.63) is 71.8 Å². The van der Waals surface area contributed by atoms with Crippen LogP contribution in [0.3, 0.4) is 0 Å². The Balaban J connectivity index is 0.000000241. The lowest BCUT2D eigenvalue weighted by atomic mass is 10.0. The fourth-order valence-corrected chi connectivity index (χ4v) is 3.95. The molecule has 2 fully saturated rings. The maximum atomic E-state index is 5.98. The first-order valence-electron chi connectivity index (χ1n) is 8.89. The minimum Gasteiger partial charge on any atom is -0.327 e. The van der Waals surface area contributed by atoms with E-state index in [2.05, 4.69) is 76.2 Å². The van der Waals surface area contributed by atoms with E-state index < -0.39 is 0 Å². The molecule has 2 saturated carbocycles. The molecule has 144 valence electrons. The van der Waals surface area contributed by atoms with E-state index in [9.17, 15) is 0 Å². The summed E-state index contributed by atoms with van der Waals surface area (Å²) in [5.41, 5.74) is 15.3. The number of halogens is 2. The first-order valence-corrected chi connectivity index (χ1v) is 8.89. The van der Waals surface area contributed by atoms with Crippen molar-refractivity contribution in [1.29, 1.82) is 0 Å². The van der Waals surface area contributed by atoms with Crippen LogP contribution in [0.1, 0.15) is 50.7 Å². The van der Waals surface area contributed by atoms with Crippen molar-refractivity contribution >= 4 is 24.8 Å². The Morgan fingerprint density at radius 3 is 1.00 bits per heavy atom. The van der Waals surface area contributed by atoms with Crippen molar-refractivity contribution in [3.8, 4) is 0 Å². The molecule has 2 aromatic rings. The molecule has 0 saturated heterocycles. The van der Waals surface area contributed by atoms with Gasteiger partial charge in [-0.25, -0.2) is 0 Å². The van der Waals surface area contributed by atoms with Crippen LogP contribution in [0, 0.1) is 10.8 Å². The molecule has 0 unspecified atom stereocenters. The van der Waals surface area contributed by atoms with E-state index in [0.29, 0.717) is 34.7 Å². The van der Waals surface area contributed by atoms with Crippen LogP contribution in [0.2, 0.25) is 0 Å². The number of nitrogens with two attached hydrogens (primary N) is 2. The molecular formula is C22H32Cl2N2. The summed E-state index contributed by atoms with van der Waals surface area (Å²) in [5, 5.41) is 0. The second-order valence-electron chi connectivity index (χ2n) is 8.47. The lowest BCUT2D eigenvalue weighted by Crippen LogP contribution is -2.06. The minimum atomic E-state index is 0. The SMILES string of the molecule is CC1(C)[C@@H](N)[C@@H]1c1ccccc1.CC1(C)[C@H](N)[C@H]1c1ccccc1.Cl.Cl. The van der Waals surface area contributed by atoms with Crippen molar-refractivity contribution in [3.63, 3.8) is 0 Å². The Kier molecular flexibility index (Phi) is 7.34. The van der Waals surface area contributed by atoms with Gasteiger partial charge in [0, 0.05) is 23.9 Å². The van der Waals surface area contributed by atoms with Gasteiger partial charge in [0.2, 0.25) is 0 Å². The van der Waals surface area contributed by atoms with Crippen molar-refractivity contribution < 1.29 is 0 Å². The van der Waals surface area contributed by atoms with Gasteiger partial charge in [0.05, 0.1) is 0 Å². The first-order chi connectivity index (χ1) is 11.3. The lowest BCUT2D eigenvalue weighted by Gasteiger charge is -2.01. The molecule has 2 aliphatic carbocycles. The molecule has 2 aromatic carbocycles. The zero-order valence-electron chi connectivity index (χ0n) is 16.1. The van der Waals surface area contributed by atoms with Gasteiger partial charge in [0.25, 0.3) is 0 Å². The van der Waals surface area contributed by atoms with Crippen LogP contribution in [0.5, 0.6) is 0 Å². The lowest BCUT2D eigenvalue weighted by molar-refractivity contribution is 0.599. The first kappa shape index (κ1) is 23.0. The van der Waals surface area contributed by atoms with Crippen LogP contribution in [0.15, 0.2) is 60.7 Å². The van der Waals surface area contributed by atoms with Gasteiger partial charge in [0.15, 0.2) is 0 Å². The average molecular weight is 395 g/mol. The Labute approximate surface area is 170 Å². The summed E-state index contributed by atoms with van der Waals surface area (Å²) < 4.78 is 0. The van der Waals surface area contributed by atoms with E-state index in [1.807, 2.05) is 12.1 Å². The van der Waals surface area contributed by atoms with Gasteiger partial charge >= 0.3 is 0 Å². The predicted molar refractivity (Wildman–Crippen MR) is 116 cm³/mol. The molecule has 4 N–H and O–H groups in total. The summed E-state index contributed by atoms with van der Waals surface area (Å²) in [5.74, 6) is 1.14. The zero-order valence-corrected chi connectivity index (χ0v) is 17.7. The largest absolute Gasteiger partial charge is 0.327 e. The van der Waals surface area contributed by atoms with Crippen molar-refractivity contribution in [1.82, 2.24) is 0 Å². The topological polar surface area (TPSA) is 52.0 Å². The van der Waals surface area contributed by atoms with Gasteiger partial charge in [0.1, 0.15) is 0 Å². The van der Waals surface area contributed by atoms with E-state index >= 15 is 0 Å². The van der Waals surface area contributed by atoms with Gasteiger partial charge in [-0.1, -0.05) is 88.4 Å². The van der Waals surface area contributed by atoms with Gasteiger partial charge in [-0.05, 0) is 22.0 Å². The maximum Gasteiger partial charge on any atom is 0.0172 e. The third-order valence-corrected chi connectivity index (χ3v) is 6.14. The van der Waals surface area contributed by atoms with Crippen LogP contribution in [-0.2, 0) is 0 Å².